The minimum absolute atomic E-state index is 0.0122. The molecule has 0 saturated heterocycles. The van der Waals surface area contributed by atoms with Gasteiger partial charge in [-0.25, -0.2) is 4.39 Å². The highest BCUT2D eigenvalue weighted by atomic mass is 19.1. The molecule has 0 aliphatic carbocycles. The summed E-state index contributed by atoms with van der Waals surface area (Å²) in [6.45, 7) is -0.0122. The lowest BCUT2D eigenvalue weighted by molar-refractivity contribution is -0.385. The number of non-ortho nitro benzene ring substituents is 1. The Morgan fingerprint density at radius 3 is 2.53 bits per heavy atom. The molecular weight excluding hydrogens is 233 g/mol. The highest BCUT2D eigenvalue weighted by molar-refractivity contribution is 5.37. The first-order chi connectivity index (χ1) is 8.08. The Balaban J connectivity index is 2.69. The summed E-state index contributed by atoms with van der Waals surface area (Å²) in [7, 11) is 2.84. The lowest BCUT2D eigenvalue weighted by Crippen LogP contribution is -2.22. The van der Waals surface area contributed by atoms with Crippen LogP contribution >= 0.6 is 0 Å². The Labute approximate surface area is 97.1 Å². The van der Waals surface area contributed by atoms with Crippen LogP contribution < -0.4 is 4.74 Å². The SMILES string of the molecule is COC(COc1ccc([N+](=O)[O-])cc1F)OC. The Bertz CT molecular complexity index is 394. The molecule has 0 spiro atoms. The van der Waals surface area contributed by atoms with Crippen molar-refractivity contribution in [1.82, 2.24) is 0 Å². The third-order valence-electron chi connectivity index (χ3n) is 2.03. The molecule has 1 aromatic rings. The Kier molecular flexibility index (Phi) is 4.80. The molecule has 94 valence electrons. The second-order valence-electron chi connectivity index (χ2n) is 3.08. The fourth-order valence-corrected chi connectivity index (χ4v) is 1.11. The molecule has 0 bridgehead atoms. The van der Waals surface area contributed by atoms with Crippen molar-refractivity contribution in [2.45, 2.75) is 6.29 Å². The summed E-state index contributed by atoms with van der Waals surface area (Å²) in [5.41, 5.74) is -0.329. The van der Waals surface area contributed by atoms with E-state index in [-0.39, 0.29) is 18.0 Å². The minimum atomic E-state index is -0.801. The number of benzene rings is 1. The highest BCUT2D eigenvalue weighted by Crippen LogP contribution is 2.22. The normalized spacial score (nSPS) is 10.6. The van der Waals surface area contributed by atoms with Gasteiger partial charge < -0.3 is 14.2 Å². The number of nitrogens with zero attached hydrogens (tertiary/aromatic N) is 1. The molecule has 6 nitrogen and oxygen atoms in total. The van der Waals surface area contributed by atoms with Crippen LogP contribution in [0, 0.1) is 15.9 Å². The first-order valence-electron chi connectivity index (χ1n) is 4.70. The number of ether oxygens (including phenoxy) is 3. The summed E-state index contributed by atoms with van der Waals surface area (Å²) < 4.78 is 28.1. The van der Waals surface area contributed by atoms with E-state index in [9.17, 15) is 14.5 Å². The van der Waals surface area contributed by atoms with E-state index in [1.807, 2.05) is 0 Å². The maximum atomic E-state index is 13.4. The first kappa shape index (κ1) is 13.3. The zero-order valence-corrected chi connectivity index (χ0v) is 9.38. The predicted octanol–water partition coefficient (Wildman–Crippen LogP) is 1.73. The molecule has 0 aliphatic rings. The molecule has 17 heavy (non-hydrogen) atoms. The van der Waals surface area contributed by atoms with Crippen LogP contribution in [0.5, 0.6) is 5.75 Å². The summed E-state index contributed by atoms with van der Waals surface area (Å²) in [6.07, 6.45) is -0.621. The largest absolute Gasteiger partial charge is 0.485 e. The van der Waals surface area contributed by atoms with Crippen molar-refractivity contribution in [3.05, 3.63) is 34.1 Å². The van der Waals surface area contributed by atoms with Crippen LogP contribution in [0.25, 0.3) is 0 Å². The van der Waals surface area contributed by atoms with E-state index in [0.717, 1.165) is 12.1 Å². The van der Waals surface area contributed by atoms with E-state index in [0.29, 0.717) is 0 Å². The standard InChI is InChI=1S/C10H12FNO5/c1-15-10(16-2)6-17-9-4-3-7(12(13)14)5-8(9)11/h3-5,10H,6H2,1-2H3. The Hall–Kier alpha value is -1.73. The van der Waals surface area contributed by atoms with Crippen molar-refractivity contribution >= 4 is 5.69 Å². The molecular formula is C10H12FNO5. The molecule has 0 atom stereocenters. The summed E-state index contributed by atoms with van der Waals surface area (Å²) in [5, 5.41) is 10.4. The Morgan fingerprint density at radius 1 is 1.41 bits per heavy atom. The third-order valence-corrected chi connectivity index (χ3v) is 2.03. The van der Waals surface area contributed by atoms with Gasteiger partial charge in [-0.1, -0.05) is 0 Å². The van der Waals surface area contributed by atoms with Gasteiger partial charge in [-0.2, -0.15) is 0 Å². The van der Waals surface area contributed by atoms with Crippen molar-refractivity contribution in [2.75, 3.05) is 20.8 Å². The summed E-state index contributed by atoms with van der Waals surface area (Å²) in [4.78, 5) is 9.70. The second-order valence-corrected chi connectivity index (χ2v) is 3.08. The average Bonchev–Trinajstić information content (AvgIpc) is 2.31. The Morgan fingerprint density at radius 2 is 2.06 bits per heavy atom. The molecule has 0 saturated carbocycles. The van der Waals surface area contributed by atoms with Gasteiger partial charge in [-0.15, -0.1) is 0 Å². The number of rotatable bonds is 6. The number of halogens is 1. The topological polar surface area (TPSA) is 70.8 Å². The minimum Gasteiger partial charge on any atom is -0.485 e. The fourth-order valence-electron chi connectivity index (χ4n) is 1.11. The van der Waals surface area contributed by atoms with E-state index in [2.05, 4.69) is 0 Å². The third kappa shape index (κ3) is 3.65. The quantitative estimate of drug-likeness (QED) is 0.433. The van der Waals surface area contributed by atoms with Crippen LogP contribution in [0.1, 0.15) is 0 Å². The number of hydrogen-bond acceptors (Lipinski definition) is 5. The number of nitro benzene ring substituents is 1. The van der Waals surface area contributed by atoms with E-state index >= 15 is 0 Å². The van der Waals surface area contributed by atoms with Gasteiger partial charge in [-0.05, 0) is 6.07 Å². The maximum Gasteiger partial charge on any atom is 0.272 e. The molecule has 0 radical (unpaired) electrons. The smallest absolute Gasteiger partial charge is 0.272 e. The van der Waals surface area contributed by atoms with Crippen molar-refractivity contribution in [3.63, 3.8) is 0 Å². The molecule has 0 unspecified atom stereocenters. The zero-order chi connectivity index (χ0) is 12.8. The van der Waals surface area contributed by atoms with Gasteiger partial charge in [0.15, 0.2) is 17.9 Å². The van der Waals surface area contributed by atoms with Gasteiger partial charge in [-0.3, -0.25) is 10.1 Å². The van der Waals surface area contributed by atoms with E-state index in [1.54, 1.807) is 0 Å². The van der Waals surface area contributed by atoms with Crippen LogP contribution in [-0.2, 0) is 9.47 Å². The van der Waals surface area contributed by atoms with Crippen LogP contribution in [-0.4, -0.2) is 32.0 Å². The summed E-state index contributed by atoms with van der Waals surface area (Å²) in [6, 6.07) is 3.15. The first-order valence-corrected chi connectivity index (χ1v) is 4.70. The van der Waals surface area contributed by atoms with Crippen LogP contribution in [0.2, 0.25) is 0 Å². The lowest BCUT2D eigenvalue weighted by Gasteiger charge is -2.14. The van der Waals surface area contributed by atoms with Gasteiger partial charge in [0.05, 0.1) is 11.0 Å². The average molecular weight is 245 g/mol. The van der Waals surface area contributed by atoms with Gasteiger partial charge in [0.25, 0.3) is 5.69 Å². The molecule has 0 amide bonds. The van der Waals surface area contributed by atoms with Crippen LogP contribution in [0.3, 0.4) is 0 Å². The van der Waals surface area contributed by atoms with Crippen molar-refractivity contribution < 1.29 is 23.5 Å². The number of methoxy groups -OCH3 is 2. The molecule has 1 rings (SSSR count). The van der Waals surface area contributed by atoms with Gasteiger partial charge in [0.1, 0.15) is 6.61 Å². The number of hydrogen-bond donors (Lipinski definition) is 0. The van der Waals surface area contributed by atoms with E-state index < -0.39 is 17.0 Å². The molecule has 0 heterocycles. The fraction of sp³-hybridized carbons (Fsp3) is 0.400. The second kappa shape index (κ2) is 6.12. The molecule has 0 fully saturated rings. The predicted molar refractivity (Wildman–Crippen MR) is 56.4 cm³/mol. The molecule has 7 heteroatoms. The molecule has 0 aromatic heterocycles. The van der Waals surface area contributed by atoms with Crippen LogP contribution in [0.15, 0.2) is 18.2 Å². The van der Waals surface area contributed by atoms with E-state index in [4.69, 9.17) is 14.2 Å². The monoisotopic (exact) mass is 245 g/mol. The van der Waals surface area contributed by atoms with Gasteiger partial charge >= 0.3 is 0 Å². The summed E-state index contributed by atoms with van der Waals surface area (Å²) >= 11 is 0. The summed E-state index contributed by atoms with van der Waals surface area (Å²) in [5.74, 6) is -0.889. The molecule has 1 aromatic carbocycles. The van der Waals surface area contributed by atoms with Gasteiger partial charge in [0.2, 0.25) is 0 Å². The zero-order valence-electron chi connectivity index (χ0n) is 9.38. The van der Waals surface area contributed by atoms with Crippen molar-refractivity contribution in [1.29, 1.82) is 0 Å². The van der Waals surface area contributed by atoms with Crippen molar-refractivity contribution in [3.8, 4) is 5.75 Å². The van der Waals surface area contributed by atoms with Crippen molar-refractivity contribution in [2.24, 2.45) is 0 Å². The maximum absolute atomic E-state index is 13.4. The van der Waals surface area contributed by atoms with E-state index in [1.165, 1.54) is 20.3 Å². The number of nitro groups is 1. The molecule has 0 aliphatic heterocycles. The van der Waals surface area contributed by atoms with Gasteiger partial charge in [0, 0.05) is 20.3 Å². The molecule has 0 N–H and O–H groups in total. The highest BCUT2D eigenvalue weighted by Gasteiger charge is 2.13. The van der Waals surface area contributed by atoms with Crippen LogP contribution in [0.4, 0.5) is 10.1 Å². The lowest BCUT2D eigenvalue weighted by atomic mass is 10.3.